The van der Waals surface area contributed by atoms with Gasteiger partial charge in [0.05, 0.1) is 35.0 Å². The largest absolute Gasteiger partial charge is 0.758 e. The number of hydroxylamine groups is 1. The van der Waals surface area contributed by atoms with Crippen molar-refractivity contribution in [3.05, 3.63) is 107 Å². The first kappa shape index (κ1) is 47.1. The van der Waals surface area contributed by atoms with E-state index < -0.39 is 17.3 Å². The normalized spacial score (nSPS) is 22.6. The van der Waals surface area contributed by atoms with E-state index in [1.54, 1.807) is 30.1 Å². The molecule has 3 aromatic heterocycles. The summed E-state index contributed by atoms with van der Waals surface area (Å²) < 4.78 is 30.1. The maximum absolute atomic E-state index is 14.9. The topological polar surface area (TPSA) is 154 Å². The molecule has 364 valence electrons. The number of pyridine rings is 2. The van der Waals surface area contributed by atoms with Gasteiger partial charge in [0.25, 0.3) is 11.8 Å². The molecule has 4 N–H and O–H groups in total. The minimum Gasteiger partial charge on any atom is -0.758 e. The molecule has 13 nitrogen and oxygen atoms in total. The smallest absolute Gasteiger partial charge is 0.265 e. The van der Waals surface area contributed by atoms with Crippen LogP contribution in [0.3, 0.4) is 0 Å². The van der Waals surface area contributed by atoms with Gasteiger partial charge in [0.1, 0.15) is 17.2 Å². The van der Waals surface area contributed by atoms with Crippen molar-refractivity contribution in [3.63, 3.8) is 0 Å². The summed E-state index contributed by atoms with van der Waals surface area (Å²) in [5, 5.41) is 29.9. The molecule has 1 amide bonds. The first-order chi connectivity index (χ1) is 33.3. The standard InChI is InChI=1S/C54H64FN8O5S/c1-33(2)36-9-6-7-10-37(36)38-11-8-12-44(38)63-31-54(32-63)20-23-62(24-21-54)35-13-14-40(46(25-35)68-47-26-41-43(55)30-58-50(41)59-52(47)67-5)51(64)60-69-48-27-45(61(4)66)49(39-17-22-56-29-42(39)48)57-28-34-15-18-53(3,65)19-16-34/h6-7,9-10,13-14,17,22,25-27,29-30,33-34,38,44,57,65H,8,11-12,15-16,18-21,23-24,28,31-32H2,1-5H3,(H,58,59)(H,60,64)/q-1/t34?,38-,44-,53?/m0/s1. The molecular formula is C54H64FN8O5S-. The van der Waals surface area contributed by atoms with Crippen LogP contribution in [0.25, 0.3) is 21.8 Å². The van der Waals surface area contributed by atoms with Gasteiger partial charge in [0.15, 0.2) is 5.75 Å². The Balaban J connectivity index is 0.876. The molecule has 2 aliphatic heterocycles. The molecule has 4 fully saturated rings. The second-order valence-electron chi connectivity index (χ2n) is 20.6. The molecule has 5 heterocycles. The van der Waals surface area contributed by atoms with Crippen molar-refractivity contribution in [2.24, 2.45) is 11.3 Å². The number of halogens is 1. The number of aromatic nitrogens is 3. The summed E-state index contributed by atoms with van der Waals surface area (Å²) in [6, 6.07) is 20.5. The van der Waals surface area contributed by atoms with Gasteiger partial charge < -0.3 is 40.1 Å². The number of nitrogens with one attached hydrogen (secondary N) is 3. The van der Waals surface area contributed by atoms with Crippen molar-refractivity contribution in [2.75, 3.05) is 62.2 Å². The van der Waals surface area contributed by atoms with Crippen LogP contribution in [-0.4, -0.2) is 89.4 Å². The van der Waals surface area contributed by atoms with E-state index in [-0.39, 0.29) is 28.3 Å². The number of carbonyl (C=O) groups is 1. The van der Waals surface area contributed by atoms with E-state index in [0.29, 0.717) is 57.7 Å². The fourth-order valence-electron chi connectivity index (χ4n) is 11.7. The maximum Gasteiger partial charge on any atom is 0.265 e. The number of hydrogen-bond acceptors (Lipinski definition) is 12. The van der Waals surface area contributed by atoms with Crippen molar-refractivity contribution in [2.45, 2.75) is 107 Å². The number of likely N-dealkylation sites (tertiary alicyclic amines) is 1. The van der Waals surface area contributed by atoms with E-state index >= 15 is 0 Å². The summed E-state index contributed by atoms with van der Waals surface area (Å²) in [6.45, 7) is 11.2. The number of H-pyrrole nitrogens is 1. The monoisotopic (exact) mass is 955 g/mol. The molecule has 2 saturated carbocycles. The van der Waals surface area contributed by atoms with Crippen molar-refractivity contribution >= 4 is 56.7 Å². The van der Waals surface area contributed by atoms with Crippen LogP contribution in [0.2, 0.25) is 0 Å². The van der Waals surface area contributed by atoms with Crippen molar-refractivity contribution in [1.29, 1.82) is 0 Å². The zero-order chi connectivity index (χ0) is 48.0. The fourth-order valence-corrected chi connectivity index (χ4v) is 12.4. The van der Waals surface area contributed by atoms with Gasteiger partial charge in [-0.3, -0.25) is 19.4 Å². The minimum atomic E-state index is -0.634. The van der Waals surface area contributed by atoms with Crippen LogP contribution in [0.15, 0.2) is 84.1 Å². The zero-order valence-electron chi connectivity index (χ0n) is 40.3. The number of benzene rings is 3. The lowest BCUT2D eigenvalue weighted by molar-refractivity contribution is -0.0493. The van der Waals surface area contributed by atoms with Crippen LogP contribution in [0.5, 0.6) is 17.4 Å². The van der Waals surface area contributed by atoms with Crippen LogP contribution in [0.1, 0.15) is 112 Å². The Labute approximate surface area is 408 Å². The van der Waals surface area contributed by atoms with Crippen LogP contribution in [-0.2, 0) is 0 Å². The number of aromatic amines is 1. The lowest BCUT2D eigenvalue weighted by atomic mass is 9.70. The lowest BCUT2D eigenvalue weighted by Crippen LogP contribution is -2.63. The minimum absolute atomic E-state index is 0.138. The molecule has 0 bridgehead atoms. The van der Waals surface area contributed by atoms with Gasteiger partial charge in [-0.15, -0.1) is 0 Å². The molecular weight excluding hydrogens is 892 g/mol. The number of ether oxygens (including phenoxy) is 2. The van der Waals surface area contributed by atoms with Crippen molar-refractivity contribution in [3.8, 4) is 17.4 Å². The molecule has 15 heteroatoms. The average molecular weight is 956 g/mol. The van der Waals surface area contributed by atoms with E-state index in [1.807, 2.05) is 25.1 Å². The van der Waals surface area contributed by atoms with E-state index in [0.717, 1.165) is 98.2 Å². The third kappa shape index (κ3) is 9.55. The molecule has 10 rings (SSSR count). The Hall–Kier alpha value is -5.61. The van der Waals surface area contributed by atoms with Gasteiger partial charge in [-0.2, -0.15) is 4.98 Å². The van der Waals surface area contributed by atoms with E-state index in [4.69, 9.17) is 9.47 Å². The summed E-state index contributed by atoms with van der Waals surface area (Å²) >= 11 is 1.10. The molecule has 4 aliphatic rings. The highest BCUT2D eigenvalue weighted by Crippen LogP contribution is 2.49. The maximum atomic E-state index is 14.9. The summed E-state index contributed by atoms with van der Waals surface area (Å²) in [4.78, 5) is 31.9. The number of nitrogens with zero attached hydrogens (tertiary/aromatic N) is 5. The van der Waals surface area contributed by atoms with Gasteiger partial charge in [-0.25, -0.2) is 4.39 Å². The first-order valence-electron chi connectivity index (χ1n) is 24.6. The van der Waals surface area contributed by atoms with Crippen molar-refractivity contribution < 1.29 is 23.8 Å². The fraction of sp³-hybridized carbons (Fsp3) is 0.463. The van der Waals surface area contributed by atoms with Crippen LogP contribution < -0.4 is 29.5 Å². The van der Waals surface area contributed by atoms with Gasteiger partial charge in [-0.1, -0.05) is 44.5 Å². The van der Waals surface area contributed by atoms with Crippen LogP contribution in [0, 0.1) is 22.4 Å². The predicted molar refractivity (Wildman–Crippen MR) is 273 cm³/mol. The number of piperidine rings is 1. The number of hydrogen-bond donors (Lipinski definition) is 4. The Morgan fingerprint density at radius 1 is 1.01 bits per heavy atom. The molecule has 1 spiro atoms. The number of fused-ring (bicyclic) bond motifs is 2. The highest BCUT2D eigenvalue weighted by Gasteiger charge is 2.49. The number of aliphatic hydroxyl groups is 1. The van der Waals surface area contributed by atoms with E-state index in [1.165, 1.54) is 51.2 Å². The third-order valence-electron chi connectivity index (χ3n) is 15.6. The number of anilines is 3. The summed E-state index contributed by atoms with van der Waals surface area (Å²) in [5.74, 6) is 1.11. The molecule has 2 saturated heterocycles. The van der Waals surface area contributed by atoms with Gasteiger partial charge in [0, 0.05) is 90.8 Å². The molecule has 3 aromatic carbocycles. The summed E-state index contributed by atoms with van der Waals surface area (Å²) in [5.41, 5.74) is 5.31. The van der Waals surface area contributed by atoms with Gasteiger partial charge in [0.2, 0.25) is 0 Å². The summed E-state index contributed by atoms with van der Waals surface area (Å²) in [7, 11) is 2.94. The van der Waals surface area contributed by atoms with Gasteiger partial charge in [-0.05, 0) is 136 Å². The predicted octanol–water partition coefficient (Wildman–Crippen LogP) is 11.1. The van der Waals surface area contributed by atoms with E-state index in [9.17, 15) is 19.5 Å². The molecule has 2 atom stereocenters. The average Bonchev–Trinajstić information content (AvgIpc) is 3.98. The quantitative estimate of drug-likeness (QED) is 0.0607. The number of carbonyl (C=O) groups excluding carboxylic acids is 1. The molecule has 6 aromatic rings. The van der Waals surface area contributed by atoms with Crippen LogP contribution in [0.4, 0.5) is 21.5 Å². The highest BCUT2D eigenvalue weighted by molar-refractivity contribution is 7.98. The molecule has 0 unspecified atom stereocenters. The molecule has 0 radical (unpaired) electrons. The Morgan fingerprint density at radius 2 is 1.80 bits per heavy atom. The van der Waals surface area contributed by atoms with Gasteiger partial charge >= 0.3 is 0 Å². The SMILES string of the molecule is COc1nc2[nH]cc(F)c2cc1Oc1cc(N2CCC3(CC2)CN([C@H]2CCC[C@H]2c2ccccc2C(C)C)C3)ccc1C(=O)NSc1cc(N(C)[O-])c(NCC2CCC(C)(O)CC2)c2ccncc12. The Morgan fingerprint density at radius 3 is 2.55 bits per heavy atom. The van der Waals surface area contributed by atoms with Crippen LogP contribution >= 0.6 is 11.9 Å². The second-order valence-corrected chi connectivity index (χ2v) is 21.5. The number of methoxy groups -OCH3 is 1. The second kappa shape index (κ2) is 19.3. The number of amides is 1. The summed E-state index contributed by atoms with van der Waals surface area (Å²) in [6.07, 6.45) is 13.9. The van der Waals surface area contributed by atoms with Crippen molar-refractivity contribution in [1.82, 2.24) is 24.6 Å². The zero-order valence-corrected chi connectivity index (χ0v) is 41.1. The van der Waals surface area contributed by atoms with E-state index in [2.05, 4.69) is 72.9 Å². The Kier molecular flexibility index (Phi) is 13.2. The lowest BCUT2D eigenvalue weighted by Gasteiger charge is -2.57. The molecule has 2 aliphatic carbocycles. The molecule has 69 heavy (non-hydrogen) atoms. The third-order valence-corrected chi connectivity index (χ3v) is 16.5. The number of rotatable bonds is 14. The Bertz CT molecular complexity index is 2830. The highest BCUT2D eigenvalue weighted by atomic mass is 32.2. The first-order valence-corrected chi connectivity index (χ1v) is 25.5.